The highest BCUT2D eigenvalue weighted by Crippen LogP contribution is 2.22. The summed E-state index contributed by atoms with van der Waals surface area (Å²) in [5, 5.41) is 3.42. The van der Waals surface area contributed by atoms with Crippen LogP contribution in [0.25, 0.3) is 0 Å². The van der Waals surface area contributed by atoms with Gasteiger partial charge in [0, 0.05) is 22.3 Å². The maximum absolute atomic E-state index is 5.76. The average Bonchev–Trinajstić information content (AvgIpc) is 2.37. The third-order valence-electron chi connectivity index (χ3n) is 2.90. The van der Waals surface area contributed by atoms with Crippen LogP contribution in [0.2, 0.25) is 0 Å². The quantitative estimate of drug-likeness (QED) is 0.830. The molecule has 0 saturated heterocycles. The van der Waals surface area contributed by atoms with E-state index in [0.29, 0.717) is 4.99 Å². The van der Waals surface area contributed by atoms with Gasteiger partial charge in [-0.2, -0.15) is 0 Å². The first-order valence-corrected chi connectivity index (χ1v) is 7.16. The topological polar surface area (TPSA) is 38.0 Å². The Morgan fingerprint density at radius 3 is 2.68 bits per heavy atom. The zero-order valence-electron chi connectivity index (χ0n) is 10.6. The molecule has 0 aliphatic heterocycles. The van der Waals surface area contributed by atoms with Crippen molar-refractivity contribution in [1.29, 1.82) is 0 Å². The first kappa shape index (κ1) is 14.0. The molecular weight excluding hydrogens is 320 g/mol. The van der Waals surface area contributed by atoms with E-state index in [0.717, 1.165) is 27.8 Å². The number of para-hydroxylation sites is 1. The summed E-state index contributed by atoms with van der Waals surface area (Å²) in [5.41, 5.74) is 10.0. The molecule has 0 atom stereocenters. The molecule has 2 aromatic rings. The van der Waals surface area contributed by atoms with E-state index < -0.39 is 0 Å². The van der Waals surface area contributed by atoms with Gasteiger partial charge in [0.2, 0.25) is 0 Å². The Hall–Kier alpha value is -1.39. The highest BCUT2D eigenvalue weighted by Gasteiger charge is 2.07. The van der Waals surface area contributed by atoms with E-state index in [1.165, 1.54) is 5.56 Å². The highest BCUT2D eigenvalue weighted by atomic mass is 79.9. The largest absolute Gasteiger partial charge is 0.389 e. The lowest BCUT2D eigenvalue weighted by molar-refractivity contribution is 1.13. The van der Waals surface area contributed by atoms with E-state index in [-0.39, 0.29) is 0 Å². The number of nitrogens with two attached hydrogens (primary N) is 1. The molecule has 0 fully saturated rings. The standard InChI is InChI=1S/C15H15BrN2S/c1-10-4-2-7-13(15(17)19)14(10)18-9-11-5-3-6-12(16)8-11/h2-8,18H,9H2,1H3,(H2,17,19). The van der Waals surface area contributed by atoms with E-state index in [2.05, 4.69) is 33.4 Å². The Kier molecular flexibility index (Phi) is 4.56. The Balaban J connectivity index is 2.22. The Labute approximate surface area is 127 Å². The fourth-order valence-electron chi connectivity index (χ4n) is 1.95. The number of halogens is 1. The van der Waals surface area contributed by atoms with Crippen LogP contribution in [-0.2, 0) is 6.54 Å². The van der Waals surface area contributed by atoms with Gasteiger partial charge < -0.3 is 11.1 Å². The van der Waals surface area contributed by atoms with Crippen molar-refractivity contribution in [2.75, 3.05) is 5.32 Å². The van der Waals surface area contributed by atoms with E-state index in [1.54, 1.807) is 0 Å². The van der Waals surface area contributed by atoms with Crippen molar-refractivity contribution in [2.45, 2.75) is 13.5 Å². The fraction of sp³-hybridized carbons (Fsp3) is 0.133. The second-order valence-electron chi connectivity index (χ2n) is 4.35. The van der Waals surface area contributed by atoms with Gasteiger partial charge in [0.05, 0.1) is 0 Å². The minimum absolute atomic E-state index is 0.417. The number of aryl methyl sites for hydroxylation is 1. The van der Waals surface area contributed by atoms with Crippen molar-refractivity contribution in [2.24, 2.45) is 5.73 Å². The van der Waals surface area contributed by atoms with Crippen LogP contribution in [0.15, 0.2) is 46.9 Å². The second kappa shape index (κ2) is 6.17. The monoisotopic (exact) mass is 334 g/mol. The minimum Gasteiger partial charge on any atom is -0.389 e. The Bertz CT molecular complexity index is 611. The normalized spacial score (nSPS) is 10.2. The van der Waals surface area contributed by atoms with Crippen molar-refractivity contribution in [3.8, 4) is 0 Å². The highest BCUT2D eigenvalue weighted by molar-refractivity contribution is 9.10. The molecule has 2 rings (SSSR count). The van der Waals surface area contributed by atoms with Crippen molar-refractivity contribution >= 4 is 38.8 Å². The predicted octanol–water partition coefficient (Wildman–Crippen LogP) is 4.00. The number of anilines is 1. The molecule has 2 aromatic carbocycles. The van der Waals surface area contributed by atoms with Crippen LogP contribution in [-0.4, -0.2) is 4.99 Å². The summed E-state index contributed by atoms with van der Waals surface area (Å²) in [5.74, 6) is 0. The zero-order chi connectivity index (χ0) is 13.8. The maximum atomic E-state index is 5.76. The van der Waals surface area contributed by atoms with Crippen LogP contribution in [0.5, 0.6) is 0 Å². The summed E-state index contributed by atoms with van der Waals surface area (Å²) in [7, 11) is 0. The summed E-state index contributed by atoms with van der Waals surface area (Å²) in [6, 6.07) is 14.2. The summed E-state index contributed by atoms with van der Waals surface area (Å²) >= 11 is 8.56. The molecule has 0 spiro atoms. The minimum atomic E-state index is 0.417. The van der Waals surface area contributed by atoms with Crippen LogP contribution < -0.4 is 11.1 Å². The molecule has 0 radical (unpaired) electrons. The molecule has 3 N–H and O–H groups in total. The molecule has 0 unspecified atom stereocenters. The van der Waals surface area contributed by atoms with E-state index in [4.69, 9.17) is 18.0 Å². The number of nitrogens with one attached hydrogen (secondary N) is 1. The summed E-state index contributed by atoms with van der Waals surface area (Å²) in [6.45, 7) is 2.78. The van der Waals surface area contributed by atoms with Crippen LogP contribution >= 0.6 is 28.1 Å². The first-order valence-electron chi connectivity index (χ1n) is 5.95. The molecule has 19 heavy (non-hydrogen) atoms. The van der Waals surface area contributed by atoms with Crippen LogP contribution in [0.3, 0.4) is 0 Å². The summed E-state index contributed by atoms with van der Waals surface area (Å²) in [4.78, 5) is 0.417. The molecule has 0 saturated carbocycles. The molecular formula is C15H15BrN2S. The number of hydrogen-bond donors (Lipinski definition) is 2. The molecule has 0 aliphatic rings. The van der Waals surface area contributed by atoms with E-state index in [1.807, 2.05) is 37.3 Å². The lowest BCUT2D eigenvalue weighted by Gasteiger charge is -2.14. The van der Waals surface area contributed by atoms with Gasteiger partial charge in [-0.15, -0.1) is 0 Å². The maximum Gasteiger partial charge on any atom is 0.106 e. The third kappa shape index (κ3) is 3.55. The molecule has 4 heteroatoms. The SMILES string of the molecule is Cc1cccc(C(N)=S)c1NCc1cccc(Br)c1. The van der Waals surface area contributed by atoms with Crippen LogP contribution in [0.4, 0.5) is 5.69 Å². The van der Waals surface area contributed by atoms with Crippen molar-refractivity contribution < 1.29 is 0 Å². The van der Waals surface area contributed by atoms with Gasteiger partial charge in [0.1, 0.15) is 4.99 Å². The fourth-order valence-corrected chi connectivity index (χ4v) is 2.56. The Morgan fingerprint density at radius 2 is 2.00 bits per heavy atom. The molecule has 2 nitrogen and oxygen atoms in total. The number of thiocarbonyl (C=S) groups is 1. The van der Waals surface area contributed by atoms with Gasteiger partial charge in [-0.05, 0) is 36.2 Å². The summed E-state index contributed by atoms with van der Waals surface area (Å²) in [6.07, 6.45) is 0. The molecule has 0 aromatic heterocycles. The molecule has 0 bridgehead atoms. The van der Waals surface area contributed by atoms with Gasteiger partial charge in [-0.3, -0.25) is 0 Å². The van der Waals surface area contributed by atoms with Gasteiger partial charge in [-0.25, -0.2) is 0 Å². The second-order valence-corrected chi connectivity index (χ2v) is 5.70. The van der Waals surface area contributed by atoms with Crippen LogP contribution in [0.1, 0.15) is 16.7 Å². The number of rotatable bonds is 4. The smallest absolute Gasteiger partial charge is 0.106 e. The Morgan fingerprint density at radius 1 is 1.26 bits per heavy atom. The van der Waals surface area contributed by atoms with Gasteiger partial charge in [0.15, 0.2) is 0 Å². The van der Waals surface area contributed by atoms with E-state index in [9.17, 15) is 0 Å². The molecule has 98 valence electrons. The zero-order valence-corrected chi connectivity index (χ0v) is 13.0. The summed E-state index contributed by atoms with van der Waals surface area (Å²) < 4.78 is 1.08. The van der Waals surface area contributed by atoms with Gasteiger partial charge in [-0.1, -0.05) is 52.4 Å². The lowest BCUT2D eigenvalue weighted by atomic mass is 10.1. The molecule has 0 amide bonds. The average molecular weight is 335 g/mol. The predicted molar refractivity (Wildman–Crippen MR) is 88.5 cm³/mol. The van der Waals surface area contributed by atoms with Gasteiger partial charge in [0.25, 0.3) is 0 Å². The first-order chi connectivity index (χ1) is 9.08. The van der Waals surface area contributed by atoms with E-state index >= 15 is 0 Å². The van der Waals surface area contributed by atoms with Crippen LogP contribution in [0, 0.1) is 6.92 Å². The number of hydrogen-bond acceptors (Lipinski definition) is 2. The molecule has 0 heterocycles. The van der Waals surface area contributed by atoms with Gasteiger partial charge >= 0.3 is 0 Å². The molecule has 0 aliphatic carbocycles. The lowest BCUT2D eigenvalue weighted by Crippen LogP contribution is -2.14. The number of benzene rings is 2. The third-order valence-corrected chi connectivity index (χ3v) is 3.61. The van der Waals surface area contributed by atoms with Crippen molar-refractivity contribution in [3.05, 3.63) is 63.6 Å². The van der Waals surface area contributed by atoms with Crippen molar-refractivity contribution in [1.82, 2.24) is 0 Å². The van der Waals surface area contributed by atoms with Crippen molar-refractivity contribution in [3.63, 3.8) is 0 Å².